The normalized spacial score (nSPS) is 15.3. The molecule has 2 N–H and O–H groups in total. The number of halogens is 2. The van der Waals surface area contributed by atoms with Crippen molar-refractivity contribution in [3.63, 3.8) is 0 Å². The molecule has 0 radical (unpaired) electrons. The van der Waals surface area contributed by atoms with E-state index in [1.807, 2.05) is 38.1 Å². The highest BCUT2D eigenvalue weighted by Gasteiger charge is 2.28. The van der Waals surface area contributed by atoms with Gasteiger partial charge in [-0.25, -0.2) is 0 Å². The van der Waals surface area contributed by atoms with Gasteiger partial charge in [0.05, 0.1) is 6.04 Å². The molecule has 7 heteroatoms. The maximum atomic E-state index is 13.0. The molecule has 5 nitrogen and oxygen atoms in total. The highest BCUT2D eigenvalue weighted by Crippen LogP contribution is 2.34. The Morgan fingerprint density at radius 2 is 1.90 bits per heavy atom. The van der Waals surface area contributed by atoms with Gasteiger partial charge >= 0.3 is 0 Å². The van der Waals surface area contributed by atoms with E-state index in [0.717, 1.165) is 41.9 Å². The highest BCUT2D eigenvalue weighted by atomic mass is 35.5. The van der Waals surface area contributed by atoms with Gasteiger partial charge in [0.1, 0.15) is 6.04 Å². The highest BCUT2D eigenvalue weighted by molar-refractivity contribution is 6.35. The van der Waals surface area contributed by atoms with Crippen molar-refractivity contribution >= 4 is 46.4 Å². The molecule has 2 aromatic carbocycles. The lowest BCUT2D eigenvalue weighted by atomic mass is 9.98. The Bertz CT molecular complexity index is 932. The lowest BCUT2D eigenvalue weighted by molar-refractivity contribution is -0.122. The Kier molecular flexibility index (Phi) is 6.70. The van der Waals surface area contributed by atoms with E-state index in [2.05, 4.69) is 15.5 Å². The number of amides is 2. The number of fused-ring (bicyclic) bond motifs is 1. The average Bonchev–Trinajstić information content (AvgIpc) is 2.66. The van der Waals surface area contributed by atoms with Crippen molar-refractivity contribution in [2.75, 3.05) is 16.8 Å². The van der Waals surface area contributed by atoms with Crippen LogP contribution < -0.4 is 15.5 Å². The topological polar surface area (TPSA) is 61.4 Å². The molecule has 3 rings (SSSR count). The molecule has 1 aliphatic heterocycles. The molecule has 154 valence electrons. The third kappa shape index (κ3) is 4.85. The molecule has 1 aliphatic rings. The van der Waals surface area contributed by atoms with E-state index in [-0.39, 0.29) is 23.9 Å². The van der Waals surface area contributed by atoms with Gasteiger partial charge in [0.15, 0.2) is 0 Å². The van der Waals surface area contributed by atoms with E-state index in [0.29, 0.717) is 10.0 Å². The van der Waals surface area contributed by atoms with E-state index in [1.54, 1.807) is 12.1 Å². The molecule has 0 aliphatic carbocycles. The third-order valence-corrected chi connectivity index (χ3v) is 5.79. The Hall–Kier alpha value is -2.24. The minimum absolute atomic E-state index is 0.0821. The number of hydrogen-bond acceptors (Lipinski definition) is 3. The van der Waals surface area contributed by atoms with Crippen LogP contribution in [0.4, 0.5) is 11.4 Å². The first-order chi connectivity index (χ1) is 13.8. The number of benzene rings is 2. The van der Waals surface area contributed by atoms with Crippen LogP contribution in [0.5, 0.6) is 0 Å². The molecular weight excluding hydrogens is 409 g/mol. The number of rotatable bonds is 5. The quantitative estimate of drug-likeness (QED) is 0.699. The number of carbonyl (C=O) groups excluding carboxylic acids is 2. The summed E-state index contributed by atoms with van der Waals surface area (Å²) in [5.74, 6) is -0.184. The number of hydrogen-bond donors (Lipinski definition) is 2. The van der Waals surface area contributed by atoms with Gasteiger partial charge in [0.2, 0.25) is 11.8 Å². The zero-order valence-electron chi connectivity index (χ0n) is 16.8. The van der Waals surface area contributed by atoms with E-state index in [1.165, 1.54) is 6.92 Å². The molecule has 0 aromatic heterocycles. The van der Waals surface area contributed by atoms with Gasteiger partial charge in [0, 0.05) is 34.9 Å². The lowest BCUT2D eigenvalue weighted by Crippen LogP contribution is -2.48. The van der Waals surface area contributed by atoms with Crippen molar-refractivity contribution < 1.29 is 9.59 Å². The first kappa shape index (κ1) is 21.5. The molecular formula is C22H25Cl2N3O2. The molecule has 0 bridgehead atoms. The Balaban J connectivity index is 1.78. The van der Waals surface area contributed by atoms with Gasteiger partial charge in [-0.1, -0.05) is 35.3 Å². The van der Waals surface area contributed by atoms with Gasteiger partial charge in [-0.05, 0) is 62.1 Å². The predicted molar refractivity (Wildman–Crippen MR) is 119 cm³/mol. The summed E-state index contributed by atoms with van der Waals surface area (Å²) >= 11 is 12.2. The summed E-state index contributed by atoms with van der Waals surface area (Å²) in [5, 5.41) is 7.04. The fourth-order valence-electron chi connectivity index (χ4n) is 3.77. The van der Waals surface area contributed by atoms with E-state index >= 15 is 0 Å². The fourth-order valence-corrected chi connectivity index (χ4v) is 4.34. The van der Waals surface area contributed by atoms with Crippen LogP contribution in [0.25, 0.3) is 0 Å². The molecule has 1 heterocycles. The second-order valence-electron chi connectivity index (χ2n) is 7.35. The summed E-state index contributed by atoms with van der Waals surface area (Å²) < 4.78 is 0. The molecule has 0 saturated heterocycles. The van der Waals surface area contributed by atoms with Gasteiger partial charge in [-0.2, -0.15) is 0 Å². The summed E-state index contributed by atoms with van der Waals surface area (Å²) in [6.45, 7) is 6.07. The van der Waals surface area contributed by atoms with Crippen LogP contribution in [-0.4, -0.2) is 24.4 Å². The minimum atomic E-state index is -0.366. The van der Waals surface area contributed by atoms with Crippen LogP contribution in [0.1, 0.15) is 44.4 Å². The molecule has 0 spiro atoms. The van der Waals surface area contributed by atoms with Crippen molar-refractivity contribution in [3.8, 4) is 0 Å². The summed E-state index contributed by atoms with van der Waals surface area (Å²) in [4.78, 5) is 26.6. The molecule has 0 unspecified atom stereocenters. The van der Waals surface area contributed by atoms with Crippen LogP contribution in [-0.2, 0) is 16.0 Å². The number of nitrogens with zero attached hydrogens (tertiary/aromatic N) is 1. The second kappa shape index (κ2) is 9.06. The van der Waals surface area contributed by atoms with E-state index in [9.17, 15) is 9.59 Å². The van der Waals surface area contributed by atoms with Gasteiger partial charge in [-0.3, -0.25) is 9.59 Å². The zero-order chi connectivity index (χ0) is 21.1. The van der Waals surface area contributed by atoms with Crippen molar-refractivity contribution in [3.05, 3.63) is 57.6 Å². The smallest absolute Gasteiger partial charge is 0.242 e. The molecule has 0 saturated carbocycles. The molecule has 2 atom stereocenters. The van der Waals surface area contributed by atoms with Crippen LogP contribution >= 0.6 is 23.2 Å². The zero-order valence-corrected chi connectivity index (χ0v) is 18.3. The fraction of sp³-hybridized carbons (Fsp3) is 0.364. The summed E-state index contributed by atoms with van der Waals surface area (Å²) in [6.07, 6.45) is 1.78. The monoisotopic (exact) mass is 433 g/mol. The average molecular weight is 434 g/mol. The Morgan fingerprint density at radius 3 is 2.59 bits per heavy atom. The van der Waals surface area contributed by atoms with Gasteiger partial charge < -0.3 is 15.5 Å². The second-order valence-corrected chi connectivity index (χ2v) is 8.20. The number of carbonyl (C=O) groups is 2. The standard InChI is InChI=1S/C22H25Cl2N3O2/c1-13(17-10-9-16(23)12-19(17)24)25-22(29)14(2)27-11-5-6-18-20(26-15(3)28)7-4-8-21(18)27/h4,7-10,12-14H,5-6,11H2,1-3H3,(H,25,29)(H,26,28)/t13-,14+/m0/s1. The van der Waals surface area contributed by atoms with E-state index < -0.39 is 0 Å². The maximum Gasteiger partial charge on any atom is 0.242 e. The summed E-state index contributed by atoms with van der Waals surface area (Å²) in [5.41, 5.74) is 3.70. The summed E-state index contributed by atoms with van der Waals surface area (Å²) in [7, 11) is 0. The third-order valence-electron chi connectivity index (χ3n) is 5.23. The first-order valence-corrected chi connectivity index (χ1v) is 10.4. The van der Waals surface area contributed by atoms with Crippen molar-refractivity contribution in [2.45, 2.75) is 45.7 Å². The van der Waals surface area contributed by atoms with Crippen molar-refractivity contribution in [1.29, 1.82) is 0 Å². The number of nitrogens with one attached hydrogen (secondary N) is 2. The molecule has 2 aromatic rings. The molecule has 29 heavy (non-hydrogen) atoms. The predicted octanol–water partition coefficient (Wildman–Crippen LogP) is 4.97. The first-order valence-electron chi connectivity index (χ1n) is 9.69. The van der Waals surface area contributed by atoms with Crippen LogP contribution in [0, 0.1) is 0 Å². The lowest BCUT2D eigenvalue weighted by Gasteiger charge is -2.36. The van der Waals surface area contributed by atoms with Crippen LogP contribution in [0.3, 0.4) is 0 Å². The van der Waals surface area contributed by atoms with E-state index in [4.69, 9.17) is 23.2 Å². The van der Waals surface area contributed by atoms with Gasteiger partial charge in [-0.15, -0.1) is 0 Å². The van der Waals surface area contributed by atoms with Crippen molar-refractivity contribution in [1.82, 2.24) is 5.32 Å². The van der Waals surface area contributed by atoms with Crippen LogP contribution in [0.15, 0.2) is 36.4 Å². The van der Waals surface area contributed by atoms with Crippen molar-refractivity contribution in [2.24, 2.45) is 0 Å². The Labute approximate surface area is 181 Å². The van der Waals surface area contributed by atoms with Crippen LogP contribution in [0.2, 0.25) is 10.0 Å². The number of anilines is 2. The SMILES string of the molecule is CC(=O)Nc1cccc2c1CCCN2[C@H](C)C(=O)N[C@@H](C)c1ccc(Cl)cc1Cl. The summed E-state index contributed by atoms with van der Waals surface area (Å²) in [6, 6.07) is 10.5. The maximum absolute atomic E-state index is 13.0. The largest absolute Gasteiger partial charge is 0.359 e. The Morgan fingerprint density at radius 1 is 1.14 bits per heavy atom. The van der Waals surface area contributed by atoms with Gasteiger partial charge in [0.25, 0.3) is 0 Å². The minimum Gasteiger partial charge on any atom is -0.359 e. The molecule has 0 fully saturated rings. The molecule has 2 amide bonds.